The Labute approximate surface area is 68.0 Å². The molecule has 0 saturated carbocycles. The molecule has 1 radical (unpaired) electrons. The predicted octanol–water partition coefficient (Wildman–Crippen LogP) is -1.73. The zero-order valence-corrected chi connectivity index (χ0v) is 6.51. The van der Waals surface area contributed by atoms with Crippen LogP contribution < -0.4 is 0 Å². The van der Waals surface area contributed by atoms with E-state index in [1.165, 1.54) is 0 Å². The molecular formula is H2O4TeTm. The van der Waals surface area contributed by atoms with Crippen LogP contribution in [0.4, 0.5) is 0 Å². The van der Waals surface area contributed by atoms with Gasteiger partial charge < -0.3 is 0 Å². The molecule has 6 heavy (non-hydrogen) atoms. The van der Waals surface area contributed by atoms with Gasteiger partial charge in [0.1, 0.15) is 0 Å². The van der Waals surface area contributed by atoms with Gasteiger partial charge in [-0.1, -0.05) is 0 Å². The average molecular weight is 363 g/mol. The molecule has 0 bridgehead atoms. The van der Waals surface area contributed by atoms with E-state index < -0.39 is 19.0 Å². The Morgan fingerprint density at radius 3 is 1.17 bits per heavy atom. The zero-order valence-electron chi connectivity index (χ0n) is 2.40. The molecule has 4 nitrogen and oxygen atoms in total. The number of hydrogen-bond donors (Lipinski definition) is 2. The molecule has 0 saturated heterocycles. The van der Waals surface area contributed by atoms with Gasteiger partial charge in [-0.25, -0.2) is 0 Å². The molecule has 0 rings (SSSR count). The molecule has 0 aromatic carbocycles. The number of hydrogen-bond acceptors (Lipinski definition) is 2. The first kappa shape index (κ1) is 10.5. The Morgan fingerprint density at radius 2 is 1.17 bits per heavy atom. The molecule has 0 atom stereocenters. The van der Waals surface area contributed by atoms with E-state index in [2.05, 4.69) is 0 Å². The van der Waals surface area contributed by atoms with Crippen molar-refractivity contribution in [3.63, 3.8) is 0 Å². The fourth-order valence-electron chi connectivity index (χ4n) is 0. The van der Waals surface area contributed by atoms with Gasteiger partial charge in [-0.3, -0.25) is 0 Å². The summed E-state index contributed by atoms with van der Waals surface area (Å²) in [5, 5.41) is 0. The molecule has 0 heterocycles. The van der Waals surface area contributed by atoms with Crippen molar-refractivity contribution in [1.82, 2.24) is 0 Å². The third-order valence-corrected chi connectivity index (χ3v) is 0. The van der Waals surface area contributed by atoms with Crippen molar-refractivity contribution in [2.24, 2.45) is 0 Å². The second-order valence-electron chi connectivity index (χ2n) is 0.448. The molecule has 0 aromatic heterocycles. The van der Waals surface area contributed by atoms with Crippen molar-refractivity contribution in [2.45, 2.75) is 0 Å². The van der Waals surface area contributed by atoms with Crippen molar-refractivity contribution < 1.29 is 50.0 Å². The summed E-state index contributed by atoms with van der Waals surface area (Å²) in [5.74, 6) is 0. The third kappa shape index (κ3) is 48.0. The normalized spacial score (nSPS) is 9.67. The summed E-state index contributed by atoms with van der Waals surface area (Å²) in [7, 11) is 0. The Balaban J connectivity index is 0. The quantitative estimate of drug-likeness (QED) is 0.502. The maximum absolute atomic E-state index is 8.85. The standard InChI is InChI=1S/H2O4Te.Tm/c1-5(2,3)4;/h(H2,1,2,3,4);. The van der Waals surface area contributed by atoms with Crippen molar-refractivity contribution in [3.8, 4) is 0 Å². The zero-order chi connectivity index (χ0) is 4.50. The van der Waals surface area contributed by atoms with Crippen LogP contribution in [0.3, 0.4) is 0 Å². The Hall–Kier alpha value is 1.54. The summed E-state index contributed by atoms with van der Waals surface area (Å²) in [4.78, 5) is 0. The van der Waals surface area contributed by atoms with Gasteiger partial charge in [-0.15, -0.1) is 0 Å². The molecule has 0 amide bonds. The van der Waals surface area contributed by atoms with E-state index in [4.69, 9.17) is 13.2 Å². The molecule has 0 fully saturated rings. The van der Waals surface area contributed by atoms with E-state index in [0.717, 1.165) is 0 Å². The van der Waals surface area contributed by atoms with Crippen molar-refractivity contribution in [3.05, 3.63) is 0 Å². The average Bonchev–Trinajstić information content (AvgIpc) is 0.722. The molecule has 0 aromatic rings. The van der Waals surface area contributed by atoms with Gasteiger partial charge in [0.05, 0.1) is 0 Å². The van der Waals surface area contributed by atoms with E-state index in [9.17, 15) is 0 Å². The summed E-state index contributed by atoms with van der Waals surface area (Å²) in [6.07, 6.45) is 0. The van der Waals surface area contributed by atoms with E-state index in [1.54, 1.807) is 0 Å². The molecule has 0 aliphatic heterocycles. The SMILES string of the molecule is O=[Te](=O)(O)O.[Tm]. The Bertz CT molecular complexity index is 90.7. The molecule has 45 valence electrons. The van der Waals surface area contributed by atoms with Gasteiger partial charge in [0, 0.05) is 36.9 Å². The second kappa shape index (κ2) is 3.53. The van der Waals surface area contributed by atoms with Gasteiger partial charge in [0.25, 0.3) is 0 Å². The van der Waals surface area contributed by atoms with Crippen LogP contribution in [0, 0.1) is 36.9 Å². The summed E-state index contributed by atoms with van der Waals surface area (Å²) in [5.41, 5.74) is 0. The van der Waals surface area contributed by atoms with E-state index >= 15 is 0 Å². The fraction of sp³-hybridized carbons (Fsp3) is 0. The monoisotopic (exact) mass is 365 g/mol. The van der Waals surface area contributed by atoms with Gasteiger partial charge in [0.2, 0.25) is 0 Å². The van der Waals surface area contributed by atoms with Crippen LogP contribution in [0.25, 0.3) is 0 Å². The van der Waals surface area contributed by atoms with Crippen molar-refractivity contribution in [1.29, 1.82) is 0 Å². The van der Waals surface area contributed by atoms with Gasteiger partial charge in [-0.05, 0) is 0 Å². The Kier molecular flexibility index (Phi) is 6.19. The number of rotatable bonds is 0. The fourth-order valence-corrected chi connectivity index (χ4v) is 0. The predicted molar refractivity (Wildman–Crippen MR) is 11.6 cm³/mol. The first-order valence-corrected chi connectivity index (χ1v) is 4.69. The molecule has 2 N–H and O–H groups in total. The summed E-state index contributed by atoms with van der Waals surface area (Å²) in [6, 6.07) is 0. The van der Waals surface area contributed by atoms with E-state index in [0.29, 0.717) is 0 Å². The second-order valence-corrected chi connectivity index (χ2v) is 3.00. The third-order valence-electron chi connectivity index (χ3n) is 0. The molecule has 6 heteroatoms. The summed E-state index contributed by atoms with van der Waals surface area (Å²) >= 11 is -5.52. The molecular weight excluding hydrogens is 361 g/mol. The van der Waals surface area contributed by atoms with Crippen LogP contribution in [0.5, 0.6) is 0 Å². The maximum Gasteiger partial charge on any atom is 0 e. The van der Waals surface area contributed by atoms with Crippen LogP contribution in [-0.2, 0) is 6.21 Å². The van der Waals surface area contributed by atoms with Gasteiger partial charge >= 0.3 is 32.1 Å². The van der Waals surface area contributed by atoms with Crippen LogP contribution in [0.2, 0.25) is 0 Å². The molecule has 0 aliphatic carbocycles. The van der Waals surface area contributed by atoms with E-state index in [1.807, 2.05) is 0 Å². The minimum atomic E-state index is -5.52. The molecule has 0 aliphatic rings. The topological polar surface area (TPSA) is 74.6 Å². The summed E-state index contributed by atoms with van der Waals surface area (Å²) < 4.78 is 32.0. The van der Waals surface area contributed by atoms with Crippen LogP contribution in [-0.4, -0.2) is 25.9 Å². The minimum absolute atomic E-state index is 0. The summed E-state index contributed by atoms with van der Waals surface area (Å²) in [6.45, 7) is 0. The Morgan fingerprint density at radius 1 is 1.17 bits per heavy atom. The first-order valence-electron chi connectivity index (χ1n) is 0.698. The van der Waals surface area contributed by atoms with Crippen molar-refractivity contribution >= 4 is 19.0 Å². The maximum atomic E-state index is 8.85. The van der Waals surface area contributed by atoms with E-state index in [-0.39, 0.29) is 36.9 Å². The smallest absolute Gasteiger partial charge is 0 e. The van der Waals surface area contributed by atoms with Crippen molar-refractivity contribution in [2.75, 3.05) is 0 Å². The van der Waals surface area contributed by atoms with Gasteiger partial charge in [-0.2, -0.15) is 0 Å². The van der Waals surface area contributed by atoms with Gasteiger partial charge in [0.15, 0.2) is 0 Å². The molecule has 0 unspecified atom stereocenters. The first-order chi connectivity index (χ1) is 2.00. The van der Waals surface area contributed by atoms with Crippen LogP contribution in [0.1, 0.15) is 0 Å². The molecule has 0 spiro atoms. The van der Waals surface area contributed by atoms with Crippen LogP contribution in [0.15, 0.2) is 0 Å². The minimum Gasteiger partial charge on any atom is 0 e. The largest absolute Gasteiger partial charge is 0 e. The van der Waals surface area contributed by atoms with Crippen LogP contribution >= 0.6 is 0 Å².